The van der Waals surface area contributed by atoms with E-state index in [4.69, 9.17) is 14.5 Å². The first-order chi connectivity index (χ1) is 27.9. The van der Waals surface area contributed by atoms with E-state index < -0.39 is 24.3 Å². The van der Waals surface area contributed by atoms with E-state index >= 15 is 0 Å². The molecule has 1 saturated carbocycles. The number of ether oxygens (including phenoxy) is 2. The van der Waals surface area contributed by atoms with E-state index in [1.807, 2.05) is 51.9 Å². The Bertz CT molecular complexity index is 2160. The van der Waals surface area contributed by atoms with E-state index in [-0.39, 0.29) is 35.7 Å². The van der Waals surface area contributed by atoms with Crippen LogP contribution >= 0.6 is 0 Å². The number of nitrogens with zero attached hydrogens (tertiary/aromatic N) is 4. The van der Waals surface area contributed by atoms with Gasteiger partial charge in [-0.1, -0.05) is 58.9 Å². The number of likely N-dealkylation sites (tertiary alicyclic amines) is 1. The van der Waals surface area contributed by atoms with Gasteiger partial charge in [0.15, 0.2) is 0 Å². The summed E-state index contributed by atoms with van der Waals surface area (Å²) in [6.07, 6.45) is 7.92. The van der Waals surface area contributed by atoms with Gasteiger partial charge in [-0.2, -0.15) is 0 Å². The summed E-state index contributed by atoms with van der Waals surface area (Å²) >= 11 is 0. The Hall–Kier alpha value is -5.66. The summed E-state index contributed by atoms with van der Waals surface area (Å²) in [6, 6.07) is 11.6. The van der Waals surface area contributed by atoms with Crippen molar-refractivity contribution >= 4 is 24.0 Å². The maximum Gasteiger partial charge on any atom is 0.407 e. The molecule has 308 valence electrons. The average Bonchev–Trinajstić information content (AvgIpc) is 4.06. The molecule has 4 amide bonds. The molecule has 2 aromatic heterocycles. The number of amides is 4. The van der Waals surface area contributed by atoms with E-state index in [1.165, 1.54) is 36.5 Å². The molecule has 2 bridgehead atoms. The number of hydrogen-bond donors (Lipinski definition) is 4. The zero-order valence-electron chi connectivity index (χ0n) is 34.6. The highest BCUT2D eigenvalue weighted by Gasteiger charge is 2.51. The number of aromatic amines is 2. The summed E-state index contributed by atoms with van der Waals surface area (Å²) in [6.45, 7) is 10.5. The minimum absolute atomic E-state index is 0.0872. The molecule has 7 rings (SSSR count). The summed E-state index contributed by atoms with van der Waals surface area (Å²) < 4.78 is 9.60. The van der Waals surface area contributed by atoms with Crippen molar-refractivity contribution in [2.45, 2.75) is 104 Å². The Kier molecular flexibility index (Phi) is 11.9. The molecule has 0 radical (unpaired) electrons. The Morgan fingerprint density at radius 2 is 1.41 bits per heavy atom. The largest absolute Gasteiger partial charge is 0.453 e. The smallest absolute Gasteiger partial charge is 0.407 e. The molecule has 58 heavy (non-hydrogen) atoms. The van der Waals surface area contributed by atoms with Crippen molar-refractivity contribution in [3.63, 3.8) is 0 Å². The number of fused-ring (bicyclic) bond motifs is 5. The molecule has 2 aliphatic carbocycles. The predicted octanol–water partition coefficient (Wildman–Crippen LogP) is 6.78. The molecule has 1 saturated heterocycles. The Morgan fingerprint density at radius 1 is 0.828 bits per heavy atom. The topological polar surface area (TPSA) is 175 Å². The number of alkyl carbamates (subject to hydrolysis) is 2. The predicted molar refractivity (Wildman–Crippen MR) is 219 cm³/mol. The number of aromatic nitrogens is 4. The average molecular weight is 793 g/mol. The highest BCUT2D eigenvalue weighted by Crippen LogP contribution is 2.50. The fraction of sp³-hybridized carbons (Fsp3) is 0.500. The maximum absolute atomic E-state index is 14.0. The van der Waals surface area contributed by atoms with Gasteiger partial charge in [0, 0.05) is 12.6 Å². The second kappa shape index (κ2) is 17.1. The Labute approximate surface area is 339 Å². The number of carbonyl (C=O) groups is 4. The monoisotopic (exact) mass is 792 g/mol. The van der Waals surface area contributed by atoms with Crippen LogP contribution < -0.4 is 10.6 Å². The van der Waals surface area contributed by atoms with Crippen molar-refractivity contribution in [2.75, 3.05) is 20.8 Å². The fourth-order valence-corrected chi connectivity index (χ4v) is 9.09. The molecule has 1 aliphatic heterocycles. The zero-order chi connectivity index (χ0) is 41.2. The number of H-pyrrole nitrogens is 2. The van der Waals surface area contributed by atoms with Gasteiger partial charge < -0.3 is 39.9 Å². The van der Waals surface area contributed by atoms with Crippen LogP contribution in [-0.4, -0.2) is 92.6 Å². The van der Waals surface area contributed by atoms with E-state index in [0.717, 1.165) is 66.9 Å². The number of aryl methyl sites for hydroxylation is 2. The molecule has 0 spiro atoms. The summed E-state index contributed by atoms with van der Waals surface area (Å²) in [4.78, 5) is 71.9. The highest BCUT2D eigenvalue weighted by atomic mass is 16.5. The first kappa shape index (κ1) is 40.5. The lowest BCUT2D eigenvalue weighted by atomic mass is 9.83. The highest BCUT2D eigenvalue weighted by molar-refractivity contribution is 5.87. The van der Waals surface area contributed by atoms with Crippen molar-refractivity contribution in [1.29, 1.82) is 0 Å². The van der Waals surface area contributed by atoms with E-state index in [0.29, 0.717) is 24.8 Å². The molecular formula is C44H56N8O6. The van der Waals surface area contributed by atoms with Crippen LogP contribution in [0.5, 0.6) is 0 Å². The van der Waals surface area contributed by atoms with Gasteiger partial charge in [0.2, 0.25) is 11.8 Å². The van der Waals surface area contributed by atoms with Gasteiger partial charge in [0.1, 0.15) is 23.7 Å². The van der Waals surface area contributed by atoms with Gasteiger partial charge in [-0.25, -0.2) is 19.6 Å². The zero-order valence-corrected chi connectivity index (χ0v) is 34.6. The van der Waals surface area contributed by atoms with Crippen LogP contribution in [0.25, 0.3) is 33.6 Å². The first-order valence-electron chi connectivity index (χ1n) is 20.6. The number of benzene rings is 2. The van der Waals surface area contributed by atoms with Crippen molar-refractivity contribution in [3.8, 4) is 33.6 Å². The van der Waals surface area contributed by atoms with Crippen LogP contribution in [0.2, 0.25) is 0 Å². The summed E-state index contributed by atoms with van der Waals surface area (Å²) in [5.41, 5.74) is 8.80. The Balaban J connectivity index is 1.06. The molecule has 4 aromatic rings. The minimum atomic E-state index is -0.706. The van der Waals surface area contributed by atoms with Crippen LogP contribution in [0.4, 0.5) is 9.59 Å². The van der Waals surface area contributed by atoms with Crippen molar-refractivity contribution in [1.82, 2.24) is 40.4 Å². The SMILES string of the molecule is CCCN(Cc1ncc(-c2ccc3c(c2)CCc2cc(-c4cnc([C@@H]5[C@H]6CC[C@H](C6)N5C(=O)[C@@H](NC(=O)OC)C(C)C)[nH]4)ccc2-3)[nH]1)C(=O)[C@@H](NC(=O)OC)C(C)C. The number of hydrogen-bond acceptors (Lipinski definition) is 8. The first-order valence-corrected chi connectivity index (χ1v) is 20.6. The molecule has 2 aromatic carbocycles. The Morgan fingerprint density at radius 3 is 2.00 bits per heavy atom. The second-order valence-electron chi connectivity index (χ2n) is 16.6. The molecule has 0 unspecified atom stereocenters. The summed E-state index contributed by atoms with van der Waals surface area (Å²) in [5, 5.41) is 5.46. The lowest BCUT2D eigenvalue weighted by Gasteiger charge is -2.37. The maximum atomic E-state index is 14.0. The number of imidazole rings is 2. The third kappa shape index (κ3) is 8.06. The molecule has 14 heteroatoms. The van der Waals surface area contributed by atoms with Crippen LogP contribution in [0.1, 0.15) is 89.1 Å². The third-order valence-corrected chi connectivity index (χ3v) is 12.1. The van der Waals surface area contributed by atoms with Crippen LogP contribution in [0.15, 0.2) is 48.8 Å². The van der Waals surface area contributed by atoms with Crippen molar-refractivity contribution < 1.29 is 28.7 Å². The number of carbonyl (C=O) groups excluding carboxylic acids is 4. The van der Waals surface area contributed by atoms with Crippen LogP contribution in [0, 0.1) is 17.8 Å². The van der Waals surface area contributed by atoms with Crippen molar-refractivity contribution in [3.05, 3.63) is 71.6 Å². The molecule has 5 atom stereocenters. The van der Waals surface area contributed by atoms with Gasteiger partial charge in [0.05, 0.1) is 50.6 Å². The van der Waals surface area contributed by atoms with E-state index in [1.54, 1.807) is 4.90 Å². The molecule has 14 nitrogen and oxygen atoms in total. The van der Waals surface area contributed by atoms with Crippen LogP contribution in [-0.2, 0) is 38.4 Å². The second-order valence-corrected chi connectivity index (χ2v) is 16.6. The number of nitrogens with one attached hydrogen (secondary N) is 4. The summed E-state index contributed by atoms with van der Waals surface area (Å²) in [7, 11) is 2.60. The van der Waals surface area contributed by atoms with Gasteiger partial charge in [0.25, 0.3) is 0 Å². The van der Waals surface area contributed by atoms with Crippen molar-refractivity contribution in [2.24, 2.45) is 17.8 Å². The molecule has 3 aliphatic rings. The fourth-order valence-electron chi connectivity index (χ4n) is 9.09. The van der Waals surface area contributed by atoms with Gasteiger partial charge >= 0.3 is 12.2 Å². The molecular weight excluding hydrogens is 737 g/mol. The number of methoxy groups -OCH3 is 2. The lowest BCUT2D eigenvalue weighted by Crippen LogP contribution is -2.54. The van der Waals surface area contributed by atoms with Gasteiger partial charge in [-0.15, -0.1) is 0 Å². The summed E-state index contributed by atoms with van der Waals surface area (Å²) in [5.74, 6) is 1.30. The van der Waals surface area contributed by atoms with Gasteiger partial charge in [-0.3, -0.25) is 9.59 Å². The van der Waals surface area contributed by atoms with Gasteiger partial charge in [-0.05, 0) is 102 Å². The molecule has 4 N–H and O–H groups in total. The molecule has 2 fully saturated rings. The lowest BCUT2D eigenvalue weighted by molar-refractivity contribution is -0.139. The number of piperidine rings is 1. The van der Waals surface area contributed by atoms with E-state index in [2.05, 4.69) is 62.0 Å². The standard InChI is InChI=1S/C44H56N8O6/c1-8-17-51(41(53)37(24(2)3)49-43(55)57-6)23-36-45-21-34(47-36)28-12-15-32-26(18-28)9-10-27-19-29(13-16-33(27)32)35-22-46-40(48-35)39-30-11-14-31(20-30)52(39)42(54)38(25(4)5)50-44(56)58-7/h12-13,15-16,18-19,21-22,24-25,30-31,37-39H,8-11,14,17,20,23H2,1-7H3,(H,45,47)(H,46,48)(H,49,55)(H,50,56)/t30-,31+,37-,38-,39-/m0/s1. The number of rotatable bonds is 13. The van der Waals surface area contributed by atoms with E-state index in [9.17, 15) is 19.2 Å². The van der Waals surface area contributed by atoms with Crippen LogP contribution in [0.3, 0.4) is 0 Å². The normalized spacial score (nSPS) is 19.1. The minimum Gasteiger partial charge on any atom is -0.453 e. The third-order valence-electron chi connectivity index (χ3n) is 12.1. The molecule has 3 heterocycles. The quantitative estimate of drug-likeness (QED) is 0.115.